The lowest BCUT2D eigenvalue weighted by molar-refractivity contribution is 0.332. The Hall–Kier alpha value is -0.870. The Labute approximate surface area is 84.3 Å². The van der Waals surface area contributed by atoms with Crippen LogP contribution in [-0.4, -0.2) is 37.2 Å². The largest absolute Gasteiger partial charge is 0.359 e. The van der Waals surface area contributed by atoms with Gasteiger partial charge in [0.15, 0.2) is 5.76 Å². The third-order valence-electron chi connectivity index (χ3n) is 2.76. The van der Waals surface area contributed by atoms with Crippen molar-refractivity contribution in [2.45, 2.75) is 19.4 Å². The van der Waals surface area contributed by atoms with E-state index in [1.54, 1.807) is 0 Å². The zero-order valence-corrected chi connectivity index (χ0v) is 8.84. The average molecular weight is 195 g/mol. The van der Waals surface area contributed by atoms with Crippen LogP contribution in [0.5, 0.6) is 0 Å². The fourth-order valence-electron chi connectivity index (χ4n) is 1.87. The molecule has 0 aromatic carbocycles. The van der Waals surface area contributed by atoms with Crippen LogP contribution in [0.1, 0.15) is 17.0 Å². The van der Waals surface area contributed by atoms with Gasteiger partial charge in [0, 0.05) is 25.1 Å². The molecule has 1 N–H and O–H groups in total. The normalized spacial score (nSPS) is 17.9. The molecule has 0 saturated carbocycles. The van der Waals surface area contributed by atoms with Crippen LogP contribution in [0.2, 0.25) is 0 Å². The predicted molar refractivity (Wildman–Crippen MR) is 54.2 cm³/mol. The van der Waals surface area contributed by atoms with Crippen LogP contribution in [0.3, 0.4) is 0 Å². The van der Waals surface area contributed by atoms with Crippen molar-refractivity contribution >= 4 is 0 Å². The summed E-state index contributed by atoms with van der Waals surface area (Å²) in [5.74, 6) is 1.01. The molecule has 4 heteroatoms. The first kappa shape index (κ1) is 9.68. The molecule has 1 aliphatic rings. The molecule has 1 aromatic heterocycles. The summed E-state index contributed by atoms with van der Waals surface area (Å²) < 4.78 is 5.32. The first-order valence-electron chi connectivity index (χ1n) is 5.10. The predicted octanol–water partition coefficient (Wildman–Crippen LogP) is 0.424. The molecule has 0 spiro atoms. The first-order chi connectivity index (χ1) is 6.81. The fourth-order valence-corrected chi connectivity index (χ4v) is 1.87. The summed E-state index contributed by atoms with van der Waals surface area (Å²) in [5, 5.41) is 7.23. The second kappa shape index (κ2) is 4.11. The molecule has 1 aromatic rings. The number of fused-ring (bicyclic) bond motifs is 1. The van der Waals surface area contributed by atoms with Crippen molar-refractivity contribution in [1.82, 2.24) is 15.4 Å². The first-order valence-corrected chi connectivity index (χ1v) is 5.10. The minimum Gasteiger partial charge on any atom is -0.359 e. The minimum absolute atomic E-state index is 0.784. The topological polar surface area (TPSA) is 41.3 Å². The lowest BCUT2D eigenvalue weighted by atomic mass is 10.1. The molecule has 78 valence electrons. The number of hydrogen-bond acceptors (Lipinski definition) is 4. The zero-order chi connectivity index (χ0) is 9.97. The number of likely N-dealkylation sites (N-methyl/N-ethyl adjacent to an activating group) is 1. The summed E-state index contributed by atoms with van der Waals surface area (Å²) in [5.41, 5.74) is 2.48. The maximum Gasteiger partial charge on any atom is 0.153 e. The highest BCUT2D eigenvalue weighted by Gasteiger charge is 2.18. The van der Waals surface area contributed by atoms with Crippen LogP contribution < -0.4 is 5.32 Å². The molecule has 0 radical (unpaired) electrons. The van der Waals surface area contributed by atoms with Gasteiger partial charge in [-0.15, -0.1) is 0 Å². The van der Waals surface area contributed by atoms with Crippen molar-refractivity contribution in [3.63, 3.8) is 0 Å². The zero-order valence-electron chi connectivity index (χ0n) is 8.84. The van der Waals surface area contributed by atoms with Gasteiger partial charge in [0.05, 0.1) is 12.2 Å². The summed E-state index contributed by atoms with van der Waals surface area (Å²) in [6, 6.07) is 0. The van der Waals surface area contributed by atoms with E-state index in [1.807, 2.05) is 7.05 Å². The van der Waals surface area contributed by atoms with E-state index in [0.717, 1.165) is 43.9 Å². The second-order valence-corrected chi connectivity index (χ2v) is 3.86. The van der Waals surface area contributed by atoms with Crippen molar-refractivity contribution < 1.29 is 4.52 Å². The van der Waals surface area contributed by atoms with E-state index in [4.69, 9.17) is 4.52 Å². The molecule has 2 rings (SSSR count). The molecule has 0 amide bonds. The maximum absolute atomic E-state index is 5.32. The molecule has 0 bridgehead atoms. The van der Waals surface area contributed by atoms with Gasteiger partial charge in [0.1, 0.15) is 0 Å². The Kier molecular flexibility index (Phi) is 2.84. The smallest absolute Gasteiger partial charge is 0.153 e. The van der Waals surface area contributed by atoms with Gasteiger partial charge in [-0.3, -0.25) is 0 Å². The van der Waals surface area contributed by atoms with Gasteiger partial charge in [-0.25, -0.2) is 0 Å². The second-order valence-electron chi connectivity index (χ2n) is 3.86. The van der Waals surface area contributed by atoms with Gasteiger partial charge in [-0.05, 0) is 20.5 Å². The molecule has 0 saturated heterocycles. The maximum atomic E-state index is 5.32. The van der Waals surface area contributed by atoms with Gasteiger partial charge in [-0.2, -0.15) is 0 Å². The van der Waals surface area contributed by atoms with Gasteiger partial charge in [0.2, 0.25) is 0 Å². The van der Waals surface area contributed by atoms with Crippen molar-refractivity contribution in [3.05, 3.63) is 17.0 Å². The van der Waals surface area contributed by atoms with Gasteiger partial charge < -0.3 is 14.7 Å². The van der Waals surface area contributed by atoms with Crippen LogP contribution in [0.15, 0.2) is 4.52 Å². The van der Waals surface area contributed by atoms with Crippen LogP contribution in [-0.2, 0) is 19.4 Å². The van der Waals surface area contributed by atoms with Gasteiger partial charge in [0.25, 0.3) is 0 Å². The highest BCUT2D eigenvalue weighted by molar-refractivity contribution is 5.24. The molecule has 0 unspecified atom stereocenters. The molecule has 1 aliphatic heterocycles. The minimum atomic E-state index is 0.784. The summed E-state index contributed by atoms with van der Waals surface area (Å²) >= 11 is 0. The van der Waals surface area contributed by atoms with E-state index in [0.29, 0.717) is 0 Å². The fraction of sp³-hybridized carbons (Fsp3) is 0.700. The van der Waals surface area contributed by atoms with Crippen molar-refractivity contribution in [1.29, 1.82) is 0 Å². The number of nitrogens with one attached hydrogen (secondary N) is 1. The number of rotatable bonds is 2. The van der Waals surface area contributed by atoms with E-state index in [-0.39, 0.29) is 0 Å². The summed E-state index contributed by atoms with van der Waals surface area (Å²) in [4.78, 5) is 2.34. The molecule has 0 atom stereocenters. The quantitative estimate of drug-likeness (QED) is 0.743. The summed E-state index contributed by atoms with van der Waals surface area (Å²) in [7, 11) is 4.08. The number of nitrogens with zero attached hydrogens (tertiary/aromatic N) is 2. The van der Waals surface area contributed by atoms with Crippen LogP contribution >= 0.6 is 0 Å². The van der Waals surface area contributed by atoms with E-state index < -0.39 is 0 Å². The van der Waals surface area contributed by atoms with Gasteiger partial charge >= 0.3 is 0 Å². The summed E-state index contributed by atoms with van der Waals surface area (Å²) in [6.45, 7) is 2.97. The Balaban J connectivity index is 2.20. The molecule has 0 aliphatic carbocycles. The third kappa shape index (κ3) is 1.81. The third-order valence-corrected chi connectivity index (χ3v) is 2.76. The van der Waals surface area contributed by atoms with E-state index >= 15 is 0 Å². The monoisotopic (exact) mass is 195 g/mol. The summed E-state index contributed by atoms with van der Waals surface area (Å²) in [6.07, 6.45) is 2.07. The Morgan fingerprint density at radius 2 is 2.21 bits per heavy atom. The Morgan fingerprint density at radius 1 is 1.43 bits per heavy atom. The van der Waals surface area contributed by atoms with Crippen molar-refractivity contribution in [2.24, 2.45) is 0 Å². The lowest BCUT2D eigenvalue weighted by Gasteiger charge is -2.11. The Morgan fingerprint density at radius 3 is 3.00 bits per heavy atom. The van der Waals surface area contributed by atoms with Gasteiger partial charge in [-0.1, -0.05) is 5.16 Å². The standard InChI is InChI=1S/C10H17N3O/c1-11-7-10-8-3-5-13(2)6-4-9(8)12-14-10/h11H,3-7H2,1-2H3. The van der Waals surface area contributed by atoms with E-state index in [9.17, 15) is 0 Å². The molecule has 14 heavy (non-hydrogen) atoms. The number of hydrogen-bond donors (Lipinski definition) is 1. The lowest BCUT2D eigenvalue weighted by Crippen LogP contribution is -2.21. The highest BCUT2D eigenvalue weighted by atomic mass is 16.5. The van der Waals surface area contributed by atoms with Crippen LogP contribution in [0.4, 0.5) is 0 Å². The molecular formula is C10H17N3O. The number of aromatic nitrogens is 1. The van der Waals surface area contributed by atoms with E-state index in [1.165, 1.54) is 5.56 Å². The SMILES string of the molecule is CNCc1onc2c1CCN(C)CC2. The molecule has 2 heterocycles. The average Bonchev–Trinajstić information content (AvgIpc) is 2.45. The van der Waals surface area contributed by atoms with Crippen molar-refractivity contribution in [3.8, 4) is 0 Å². The van der Waals surface area contributed by atoms with Crippen LogP contribution in [0, 0.1) is 0 Å². The highest BCUT2D eigenvalue weighted by Crippen LogP contribution is 2.18. The molecule has 0 fully saturated rings. The molecular weight excluding hydrogens is 178 g/mol. The van der Waals surface area contributed by atoms with E-state index in [2.05, 4.69) is 22.4 Å². The Bertz CT molecular complexity index is 308. The molecule has 4 nitrogen and oxygen atoms in total. The van der Waals surface area contributed by atoms with Crippen LogP contribution in [0.25, 0.3) is 0 Å². The van der Waals surface area contributed by atoms with Crippen molar-refractivity contribution in [2.75, 3.05) is 27.2 Å².